The average molecular weight is 246 g/mol. The summed E-state index contributed by atoms with van der Waals surface area (Å²) < 4.78 is 0. The number of anilines is 1. The smallest absolute Gasteiger partial charge is 0.225 e. The molecule has 0 aromatic carbocycles. The topological polar surface area (TPSA) is 58.1 Å². The molecule has 1 saturated heterocycles. The zero-order valence-electron chi connectivity index (χ0n) is 10.6. The minimum absolute atomic E-state index is 0.0275. The molecule has 0 unspecified atom stereocenters. The van der Waals surface area contributed by atoms with Crippen molar-refractivity contribution >= 4 is 17.9 Å². The molecule has 5 heteroatoms. The molecule has 0 bridgehead atoms. The van der Waals surface area contributed by atoms with Crippen molar-refractivity contribution in [3.8, 4) is 0 Å². The van der Waals surface area contributed by atoms with Gasteiger partial charge in [0.25, 0.3) is 0 Å². The van der Waals surface area contributed by atoms with Gasteiger partial charge in [-0.3, -0.25) is 4.79 Å². The van der Waals surface area contributed by atoms with Crippen LogP contribution in [-0.4, -0.2) is 35.5 Å². The maximum Gasteiger partial charge on any atom is 0.225 e. The third-order valence-electron chi connectivity index (χ3n) is 2.83. The first-order valence-corrected chi connectivity index (χ1v) is 6.23. The molecular formula is C13H18N4O. The number of hydrogen-bond donors (Lipinski definition) is 1. The van der Waals surface area contributed by atoms with Crippen molar-refractivity contribution in [3.63, 3.8) is 0 Å². The number of rotatable bonds is 4. The molecular weight excluding hydrogens is 228 g/mol. The van der Waals surface area contributed by atoms with Crippen LogP contribution in [0.3, 0.4) is 0 Å². The molecule has 2 rings (SSSR count). The summed E-state index contributed by atoms with van der Waals surface area (Å²) in [5.74, 6) is 0.784. The van der Waals surface area contributed by atoms with E-state index in [0.717, 1.165) is 24.6 Å². The van der Waals surface area contributed by atoms with Gasteiger partial charge >= 0.3 is 0 Å². The van der Waals surface area contributed by atoms with E-state index in [4.69, 9.17) is 0 Å². The molecule has 1 aromatic rings. The van der Waals surface area contributed by atoms with Gasteiger partial charge in [0, 0.05) is 44.5 Å². The largest absolute Gasteiger partial charge is 0.353 e. The number of nitrogens with one attached hydrogen (secondary N) is 1. The highest BCUT2D eigenvalue weighted by Gasteiger charge is 2.13. The van der Waals surface area contributed by atoms with E-state index in [9.17, 15) is 4.79 Å². The third-order valence-corrected chi connectivity index (χ3v) is 2.83. The Balaban J connectivity index is 1.88. The van der Waals surface area contributed by atoms with Gasteiger partial charge in [-0.1, -0.05) is 12.2 Å². The van der Waals surface area contributed by atoms with Gasteiger partial charge in [0.1, 0.15) is 0 Å². The maximum atomic E-state index is 10.7. The molecule has 1 aliphatic heterocycles. The summed E-state index contributed by atoms with van der Waals surface area (Å²) in [7, 11) is 0. The Morgan fingerprint density at radius 3 is 2.67 bits per heavy atom. The van der Waals surface area contributed by atoms with E-state index in [0.29, 0.717) is 6.54 Å². The molecule has 0 radical (unpaired) electrons. The first kappa shape index (κ1) is 12.5. The van der Waals surface area contributed by atoms with Gasteiger partial charge in [0.15, 0.2) is 0 Å². The number of carbonyl (C=O) groups is 1. The van der Waals surface area contributed by atoms with Gasteiger partial charge in [-0.15, -0.1) is 0 Å². The highest BCUT2D eigenvalue weighted by molar-refractivity contribution is 5.73. The highest BCUT2D eigenvalue weighted by Crippen LogP contribution is 2.14. The van der Waals surface area contributed by atoms with E-state index in [2.05, 4.69) is 20.2 Å². The van der Waals surface area contributed by atoms with Crippen LogP contribution in [0.4, 0.5) is 5.95 Å². The number of nitrogens with zero attached hydrogens (tertiary/aromatic N) is 3. The van der Waals surface area contributed by atoms with E-state index in [1.807, 2.05) is 24.5 Å². The Kier molecular flexibility index (Phi) is 4.28. The first-order chi connectivity index (χ1) is 8.75. The SMILES string of the molecule is CC(=O)NCC=Cc1cnc(N2CCCC2)nc1. The molecule has 0 atom stereocenters. The van der Waals surface area contributed by atoms with Crippen LogP contribution < -0.4 is 10.2 Å². The van der Waals surface area contributed by atoms with Gasteiger partial charge in [-0.2, -0.15) is 0 Å². The lowest BCUT2D eigenvalue weighted by Gasteiger charge is -2.14. The van der Waals surface area contributed by atoms with Gasteiger partial charge < -0.3 is 10.2 Å². The second-order valence-electron chi connectivity index (χ2n) is 4.35. The van der Waals surface area contributed by atoms with Crippen LogP contribution in [0.25, 0.3) is 6.08 Å². The fraction of sp³-hybridized carbons (Fsp3) is 0.462. The second-order valence-corrected chi connectivity index (χ2v) is 4.35. The predicted molar refractivity (Wildman–Crippen MR) is 71.2 cm³/mol. The normalized spacial score (nSPS) is 15.3. The summed E-state index contributed by atoms with van der Waals surface area (Å²) >= 11 is 0. The minimum atomic E-state index is -0.0275. The molecule has 18 heavy (non-hydrogen) atoms. The van der Waals surface area contributed by atoms with Gasteiger partial charge in [0.05, 0.1) is 0 Å². The van der Waals surface area contributed by atoms with E-state index in [1.54, 1.807) is 0 Å². The number of hydrogen-bond acceptors (Lipinski definition) is 4. The molecule has 1 amide bonds. The molecule has 1 aliphatic rings. The van der Waals surface area contributed by atoms with E-state index in [-0.39, 0.29) is 5.91 Å². The molecule has 0 aliphatic carbocycles. The predicted octanol–water partition coefficient (Wildman–Crippen LogP) is 1.23. The van der Waals surface area contributed by atoms with Crippen molar-refractivity contribution in [2.45, 2.75) is 19.8 Å². The van der Waals surface area contributed by atoms with Crippen LogP contribution in [-0.2, 0) is 4.79 Å². The van der Waals surface area contributed by atoms with E-state index in [1.165, 1.54) is 19.8 Å². The lowest BCUT2D eigenvalue weighted by atomic mass is 10.3. The second kappa shape index (κ2) is 6.14. The summed E-state index contributed by atoms with van der Waals surface area (Å²) in [4.78, 5) is 21.6. The summed E-state index contributed by atoms with van der Waals surface area (Å²) in [6, 6.07) is 0. The maximum absolute atomic E-state index is 10.7. The number of amides is 1. The van der Waals surface area contributed by atoms with Crippen molar-refractivity contribution in [2.75, 3.05) is 24.5 Å². The van der Waals surface area contributed by atoms with Gasteiger partial charge in [-0.05, 0) is 12.8 Å². The van der Waals surface area contributed by atoms with Crippen molar-refractivity contribution in [1.29, 1.82) is 0 Å². The fourth-order valence-electron chi connectivity index (χ4n) is 1.90. The molecule has 96 valence electrons. The van der Waals surface area contributed by atoms with Crippen molar-refractivity contribution < 1.29 is 4.79 Å². The van der Waals surface area contributed by atoms with Crippen LogP contribution in [0.5, 0.6) is 0 Å². The zero-order valence-corrected chi connectivity index (χ0v) is 10.6. The summed E-state index contributed by atoms with van der Waals surface area (Å²) in [6.45, 7) is 4.14. The van der Waals surface area contributed by atoms with Crippen molar-refractivity contribution in [3.05, 3.63) is 24.0 Å². The summed E-state index contributed by atoms with van der Waals surface area (Å²) in [5, 5.41) is 2.70. The van der Waals surface area contributed by atoms with Gasteiger partial charge in [0.2, 0.25) is 11.9 Å². The summed E-state index contributed by atoms with van der Waals surface area (Å²) in [5.41, 5.74) is 0.947. The number of carbonyl (C=O) groups excluding carboxylic acids is 1. The number of aromatic nitrogens is 2. The Morgan fingerprint density at radius 2 is 2.06 bits per heavy atom. The molecule has 0 spiro atoms. The Hall–Kier alpha value is -1.91. The molecule has 1 fully saturated rings. The molecule has 1 N–H and O–H groups in total. The van der Waals surface area contributed by atoms with Crippen LogP contribution >= 0.6 is 0 Å². The minimum Gasteiger partial charge on any atom is -0.353 e. The fourth-order valence-corrected chi connectivity index (χ4v) is 1.90. The van der Waals surface area contributed by atoms with Crippen molar-refractivity contribution in [2.24, 2.45) is 0 Å². The van der Waals surface area contributed by atoms with Crippen LogP contribution in [0, 0.1) is 0 Å². The Bertz CT molecular complexity index is 421. The monoisotopic (exact) mass is 246 g/mol. The van der Waals surface area contributed by atoms with Crippen LogP contribution in [0.2, 0.25) is 0 Å². The van der Waals surface area contributed by atoms with E-state index < -0.39 is 0 Å². The highest BCUT2D eigenvalue weighted by atomic mass is 16.1. The summed E-state index contributed by atoms with van der Waals surface area (Å²) in [6.07, 6.45) is 9.86. The first-order valence-electron chi connectivity index (χ1n) is 6.23. The van der Waals surface area contributed by atoms with Crippen molar-refractivity contribution in [1.82, 2.24) is 15.3 Å². The molecule has 1 aromatic heterocycles. The lowest BCUT2D eigenvalue weighted by molar-refractivity contribution is -0.118. The quantitative estimate of drug-likeness (QED) is 0.868. The standard InChI is InChI=1S/C13H18N4O/c1-11(18)14-6-4-5-12-9-15-13(16-10-12)17-7-2-3-8-17/h4-5,9-10H,2-3,6-8H2,1H3,(H,14,18). The van der Waals surface area contributed by atoms with Gasteiger partial charge in [-0.25, -0.2) is 9.97 Å². The lowest BCUT2D eigenvalue weighted by Crippen LogP contribution is -2.20. The van der Waals surface area contributed by atoms with E-state index >= 15 is 0 Å². The van der Waals surface area contributed by atoms with Crippen LogP contribution in [0.1, 0.15) is 25.3 Å². The van der Waals surface area contributed by atoms with Crippen LogP contribution in [0.15, 0.2) is 18.5 Å². The Morgan fingerprint density at radius 1 is 1.39 bits per heavy atom. The molecule has 2 heterocycles. The Labute approximate surface area is 107 Å². The molecule has 0 saturated carbocycles. The third kappa shape index (κ3) is 3.55. The molecule has 5 nitrogen and oxygen atoms in total. The zero-order chi connectivity index (χ0) is 12.8. The average Bonchev–Trinajstić information content (AvgIpc) is 2.89.